The molecule has 1 aromatic rings. The molecule has 4 atom stereocenters. The van der Waals surface area contributed by atoms with Gasteiger partial charge in [-0.3, -0.25) is 4.79 Å². The van der Waals surface area contributed by atoms with Crippen LogP contribution in [0.25, 0.3) is 0 Å². The number of benzene rings is 1. The molecule has 1 aromatic carbocycles. The van der Waals surface area contributed by atoms with Gasteiger partial charge in [0.25, 0.3) is 10.0 Å². The Labute approximate surface area is 159 Å². The first-order chi connectivity index (χ1) is 13.0. The van der Waals surface area contributed by atoms with Crippen LogP contribution in [-0.2, 0) is 14.8 Å². The molecule has 2 unspecified atom stereocenters. The number of carbonyl (C=O) groups is 1. The number of hydrogen-bond acceptors (Lipinski definition) is 3. The summed E-state index contributed by atoms with van der Waals surface area (Å²) < 4.78 is 30.4. The molecule has 1 fully saturated rings. The average molecular weight is 379 g/mol. The third-order valence-electron chi connectivity index (χ3n) is 6.40. The predicted molar refractivity (Wildman–Crippen MR) is 104 cm³/mol. The SMILES string of the molecule is Cc1ccc(S(=O)(=O)/N=C2/C3=C(CC=CC3)C(=O)C3C2[C@@H]2C=C[C@H]3C2)cc1. The Morgan fingerprint density at radius 3 is 2.26 bits per heavy atom. The van der Waals surface area contributed by atoms with Crippen LogP contribution in [0, 0.1) is 30.6 Å². The molecule has 4 aliphatic carbocycles. The molecule has 1 saturated carbocycles. The smallest absolute Gasteiger partial charge is 0.282 e. The summed E-state index contributed by atoms with van der Waals surface area (Å²) in [7, 11) is -3.81. The summed E-state index contributed by atoms with van der Waals surface area (Å²) in [5.74, 6) is 0.411. The van der Waals surface area contributed by atoms with Crippen molar-refractivity contribution in [1.29, 1.82) is 0 Å². The first-order valence-corrected chi connectivity index (χ1v) is 10.9. The Morgan fingerprint density at radius 2 is 1.56 bits per heavy atom. The molecular weight excluding hydrogens is 358 g/mol. The Bertz CT molecular complexity index is 1060. The van der Waals surface area contributed by atoms with Crippen molar-refractivity contribution in [2.75, 3.05) is 0 Å². The summed E-state index contributed by atoms with van der Waals surface area (Å²) in [6.07, 6.45) is 10.4. The summed E-state index contributed by atoms with van der Waals surface area (Å²) >= 11 is 0. The Hall–Kier alpha value is -2.27. The average Bonchev–Trinajstić information content (AvgIpc) is 3.27. The predicted octanol–water partition coefficient (Wildman–Crippen LogP) is 3.79. The van der Waals surface area contributed by atoms with E-state index in [-0.39, 0.29) is 34.4 Å². The van der Waals surface area contributed by atoms with Crippen LogP contribution in [0.15, 0.2) is 69.0 Å². The van der Waals surface area contributed by atoms with Crippen LogP contribution in [0.1, 0.15) is 24.8 Å². The van der Waals surface area contributed by atoms with E-state index in [2.05, 4.69) is 16.5 Å². The van der Waals surface area contributed by atoms with Gasteiger partial charge in [0.1, 0.15) is 0 Å². The minimum Gasteiger partial charge on any atom is -0.294 e. The molecule has 5 heteroatoms. The first-order valence-electron chi connectivity index (χ1n) is 9.47. The van der Waals surface area contributed by atoms with Gasteiger partial charge in [0.2, 0.25) is 0 Å². The molecule has 0 aromatic heterocycles. The van der Waals surface area contributed by atoms with Gasteiger partial charge < -0.3 is 0 Å². The highest BCUT2D eigenvalue weighted by atomic mass is 32.2. The van der Waals surface area contributed by atoms with E-state index in [0.717, 1.165) is 23.1 Å². The quantitative estimate of drug-likeness (QED) is 0.735. The van der Waals surface area contributed by atoms with Crippen LogP contribution < -0.4 is 0 Å². The van der Waals surface area contributed by atoms with Gasteiger partial charge in [0.05, 0.1) is 10.6 Å². The fraction of sp³-hybridized carbons (Fsp3) is 0.364. The number of fused-ring (bicyclic) bond motifs is 5. The molecule has 0 radical (unpaired) electrons. The van der Waals surface area contributed by atoms with Crippen LogP contribution >= 0.6 is 0 Å². The molecule has 27 heavy (non-hydrogen) atoms. The van der Waals surface area contributed by atoms with Crippen molar-refractivity contribution < 1.29 is 13.2 Å². The van der Waals surface area contributed by atoms with Crippen molar-refractivity contribution in [3.8, 4) is 0 Å². The highest BCUT2D eigenvalue weighted by molar-refractivity contribution is 7.90. The monoisotopic (exact) mass is 379 g/mol. The molecule has 0 saturated heterocycles. The van der Waals surface area contributed by atoms with Gasteiger partial charge in [0, 0.05) is 17.4 Å². The molecule has 4 aliphatic rings. The number of sulfonamides is 1. The Kier molecular flexibility index (Phi) is 3.66. The van der Waals surface area contributed by atoms with Crippen molar-refractivity contribution in [2.24, 2.45) is 28.1 Å². The van der Waals surface area contributed by atoms with Gasteiger partial charge >= 0.3 is 0 Å². The normalized spacial score (nSPS) is 32.9. The third kappa shape index (κ3) is 2.52. The molecule has 138 valence electrons. The van der Waals surface area contributed by atoms with Crippen LogP contribution in [0.4, 0.5) is 0 Å². The molecule has 0 amide bonds. The topological polar surface area (TPSA) is 63.6 Å². The number of nitrogens with zero attached hydrogens (tertiary/aromatic N) is 1. The molecule has 0 heterocycles. The van der Waals surface area contributed by atoms with Gasteiger partial charge in [-0.05, 0) is 55.7 Å². The lowest BCUT2D eigenvalue weighted by Crippen LogP contribution is -2.41. The van der Waals surface area contributed by atoms with E-state index in [1.54, 1.807) is 24.3 Å². The summed E-state index contributed by atoms with van der Waals surface area (Å²) in [4.78, 5) is 13.3. The maximum atomic E-state index is 13.1. The first kappa shape index (κ1) is 16.9. The lowest BCUT2D eigenvalue weighted by molar-refractivity contribution is -0.121. The third-order valence-corrected chi connectivity index (χ3v) is 7.70. The lowest BCUT2D eigenvalue weighted by atomic mass is 9.67. The van der Waals surface area contributed by atoms with Crippen molar-refractivity contribution in [2.45, 2.75) is 31.1 Å². The second-order valence-electron chi connectivity index (χ2n) is 7.97. The molecule has 4 nitrogen and oxygen atoms in total. The number of aryl methyl sites for hydroxylation is 1. The fourth-order valence-corrected chi connectivity index (χ4v) is 6.20. The molecule has 5 rings (SSSR count). The standard InChI is InChI=1S/C22H21NO3S/c1-13-6-10-16(11-7-13)27(25,26)23-21-17-4-2-3-5-18(17)22(24)20-15-9-8-14(12-15)19(20)21/h2-3,6-11,14-15,19-20H,4-5,12H2,1H3/b23-21-/t14-,15+,19?,20?/m1/s1. The zero-order valence-corrected chi connectivity index (χ0v) is 15.9. The van der Waals surface area contributed by atoms with Gasteiger partial charge in [0.15, 0.2) is 5.78 Å². The minimum atomic E-state index is -3.81. The molecule has 0 aliphatic heterocycles. The fourth-order valence-electron chi connectivity index (χ4n) is 5.12. The minimum absolute atomic E-state index is 0.0991. The molecule has 0 spiro atoms. The van der Waals surface area contributed by atoms with Crippen molar-refractivity contribution in [3.63, 3.8) is 0 Å². The second-order valence-corrected chi connectivity index (χ2v) is 9.57. The summed E-state index contributed by atoms with van der Waals surface area (Å²) in [5, 5.41) is 0. The lowest BCUT2D eigenvalue weighted by Gasteiger charge is -2.36. The number of hydrogen-bond donors (Lipinski definition) is 0. The number of rotatable bonds is 2. The van der Waals surface area contributed by atoms with Crippen LogP contribution in [0.5, 0.6) is 0 Å². The Balaban J connectivity index is 1.67. The number of ketones is 1. The molecular formula is C22H21NO3S. The van der Waals surface area contributed by atoms with Crippen LogP contribution in [0.3, 0.4) is 0 Å². The van der Waals surface area contributed by atoms with E-state index in [9.17, 15) is 13.2 Å². The number of Topliss-reactive ketones (excluding diaryl/α,β-unsaturated/α-hetero) is 1. The largest absolute Gasteiger partial charge is 0.294 e. The van der Waals surface area contributed by atoms with E-state index < -0.39 is 10.0 Å². The summed E-state index contributed by atoms with van der Waals surface area (Å²) in [6, 6.07) is 6.79. The molecule has 0 N–H and O–H groups in total. The van der Waals surface area contributed by atoms with Gasteiger partial charge in [-0.2, -0.15) is 12.8 Å². The van der Waals surface area contributed by atoms with Crippen molar-refractivity contribution >= 4 is 21.5 Å². The summed E-state index contributed by atoms with van der Waals surface area (Å²) in [6.45, 7) is 1.92. The van der Waals surface area contributed by atoms with Gasteiger partial charge in [-0.25, -0.2) is 0 Å². The van der Waals surface area contributed by atoms with Crippen molar-refractivity contribution in [3.05, 3.63) is 65.3 Å². The Morgan fingerprint density at radius 1 is 0.926 bits per heavy atom. The van der Waals surface area contributed by atoms with E-state index >= 15 is 0 Å². The van der Waals surface area contributed by atoms with E-state index in [1.165, 1.54) is 0 Å². The van der Waals surface area contributed by atoms with E-state index in [1.807, 2.05) is 19.1 Å². The van der Waals surface area contributed by atoms with Crippen LogP contribution in [-0.4, -0.2) is 19.9 Å². The van der Waals surface area contributed by atoms with E-state index in [4.69, 9.17) is 0 Å². The maximum absolute atomic E-state index is 13.1. The maximum Gasteiger partial charge on any atom is 0.282 e. The zero-order chi connectivity index (χ0) is 18.8. The van der Waals surface area contributed by atoms with Crippen molar-refractivity contribution in [1.82, 2.24) is 0 Å². The van der Waals surface area contributed by atoms with Crippen LogP contribution in [0.2, 0.25) is 0 Å². The zero-order valence-electron chi connectivity index (χ0n) is 15.1. The molecule has 2 bridgehead atoms. The number of allylic oxidation sites excluding steroid dienone is 6. The van der Waals surface area contributed by atoms with E-state index in [0.29, 0.717) is 18.6 Å². The van der Waals surface area contributed by atoms with Gasteiger partial charge in [-0.1, -0.05) is 42.0 Å². The van der Waals surface area contributed by atoms with Gasteiger partial charge in [-0.15, -0.1) is 0 Å². The highest BCUT2D eigenvalue weighted by Gasteiger charge is 2.54. The second kappa shape index (κ2) is 5.86. The number of carbonyl (C=O) groups excluding carboxylic acids is 1. The summed E-state index contributed by atoms with van der Waals surface area (Å²) in [5.41, 5.74) is 3.26. The highest BCUT2D eigenvalue weighted by Crippen LogP contribution is 2.54.